The van der Waals surface area contributed by atoms with Gasteiger partial charge in [-0.05, 0) is 5.56 Å². The summed E-state index contributed by atoms with van der Waals surface area (Å²) in [6.07, 6.45) is 3.90. The molecule has 5 heteroatoms. The highest BCUT2D eigenvalue weighted by Gasteiger charge is 2.14. The molecule has 0 amide bonds. The summed E-state index contributed by atoms with van der Waals surface area (Å²) < 4.78 is 1.83. The van der Waals surface area contributed by atoms with Crippen molar-refractivity contribution in [3.63, 3.8) is 0 Å². The van der Waals surface area contributed by atoms with Gasteiger partial charge in [-0.1, -0.05) is 30.3 Å². The quantitative estimate of drug-likeness (QED) is 0.725. The van der Waals surface area contributed by atoms with E-state index >= 15 is 0 Å². The Kier molecular flexibility index (Phi) is 2.77. The molecule has 3 heterocycles. The first-order valence-corrected chi connectivity index (χ1v) is 7.47. The van der Waals surface area contributed by atoms with Crippen LogP contribution in [-0.2, 0) is 0 Å². The van der Waals surface area contributed by atoms with Gasteiger partial charge in [0.05, 0.1) is 0 Å². The van der Waals surface area contributed by atoms with Gasteiger partial charge in [0, 0.05) is 36.3 Å². The molecule has 20 heavy (non-hydrogen) atoms. The van der Waals surface area contributed by atoms with Gasteiger partial charge in [-0.15, -0.1) is 11.8 Å². The highest BCUT2D eigenvalue weighted by molar-refractivity contribution is 8.14. The monoisotopic (exact) mass is 280 g/mol. The Morgan fingerprint density at radius 1 is 1.10 bits per heavy atom. The smallest absolute Gasteiger partial charge is 0.155 e. The third-order valence-electron chi connectivity index (χ3n) is 3.23. The van der Waals surface area contributed by atoms with Crippen LogP contribution in [0, 0.1) is 0 Å². The Bertz CT molecular complexity index is 792. The van der Waals surface area contributed by atoms with E-state index in [1.165, 1.54) is 0 Å². The second-order valence-corrected chi connectivity index (χ2v) is 5.66. The standard InChI is InChI=1S/C15H12N4S/c1-2-4-11(5-3-1)12-9-17-14-8-13(18-19(14)10-12)15-16-6-7-20-15/h1-5,8-10H,6-7H2. The molecule has 0 saturated carbocycles. The Labute approximate surface area is 120 Å². The number of fused-ring (bicyclic) bond motifs is 1. The van der Waals surface area contributed by atoms with Gasteiger partial charge in [-0.2, -0.15) is 5.10 Å². The Morgan fingerprint density at radius 2 is 2.00 bits per heavy atom. The van der Waals surface area contributed by atoms with Gasteiger partial charge in [0.25, 0.3) is 0 Å². The Morgan fingerprint density at radius 3 is 2.80 bits per heavy atom. The number of hydrogen-bond acceptors (Lipinski definition) is 4. The fourth-order valence-electron chi connectivity index (χ4n) is 2.25. The van der Waals surface area contributed by atoms with Crippen LogP contribution in [0.2, 0.25) is 0 Å². The number of rotatable bonds is 2. The van der Waals surface area contributed by atoms with Gasteiger partial charge in [-0.3, -0.25) is 4.99 Å². The number of hydrogen-bond donors (Lipinski definition) is 0. The van der Waals surface area contributed by atoms with Crippen LogP contribution in [0.15, 0.2) is 53.8 Å². The topological polar surface area (TPSA) is 42.5 Å². The van der Waals surface area contributed by atoms with Gasteiger partial charge >= 0.3 is 0 Å². The molecular formula is C15H12N4S. The molecule has 0 unspecified atom stereocenters. The Balaban J connectivity index is 1.80. The van der Waals surface area contributed by atoms with Crippen molar-refractivity contribution in [2.24, 2.45) is 4.99 Å². The maximum absolute atomic E-state index is 4.58. The highest BCUT2D eigenvalue weighted by atomic mass is 32.2. The lowest BCUT2D eigenvalue weighted by Crippen LogP contribution is -1.95. The van der Waals surface area contributed by atoms with Gasteiger partial charge in [0.2, 0.25) is 0 Å². The maximum atomic E-state index is 4.58. The van der Waals surface area contributed by atoms with Crippen LogP contribution in [0.4, 0.5) is 0 Å². The molecule has 98 valence electrons. The van der Waals surface area contributed by atoms with Crippen molar-refractivity contribution in [1.29, 1.82) is 0 Å². The van der Waals surface area contributed by atoms with Crippen molar-refractivity contribution in [3.8, 4) is 11.1 Å². The van der Waals surface area contributed by atoms with Crippen molar-refractivity contribution in [2.75, 3.05) is 12.3 Å². The summed E-state index contributed by atoms with van der Waals surface area (Å²) in [6.45, 7) is 0.885. The average Bonchev–Trinajstić information content (AvgIpc) is 3.16. The van der Waals surface area contributed by atoms with E-state index < -0.39 is 0 Å². The summed E-state index contributed by atoms with van der Waals surface area (Å²) in [7, 11) is 0. The van der Waals surface area contributed by atoms with E-state index in [0.717, 1.165) is 39.8 Å². The lowest BCUT2D eigenvalue weighted by Gasteiger charge is -2.00. The number of aliphatic imine (C=N–C) groups is 1. The van der Waals surface area contributed by atoms with E-state index in [4.69, 9.17) is 0 Å². The van der Waals surface area contributed by atoms with Crippen LogP contribution in [0.25, 0.3) is 16.8 Å². The third-order valence-corrected chi connectivity index (χ3v) is 4.22. The largest absolute Gasteiger partial charge is 0.275 e. The van der Waals surface area contributed by atoms with E-state index in [-0.39, 0.29) is 0 Å². The highest BCUT2D eigenvalue weighted by Crippen LogP contribution is 2.21. The molecule has 0 aliphatic carbocycles. The lowest BCUT2D eigenvalue weighted by atomic mass is 10.1. The van der Waals surface area contributed by atoms with E-state index in [2.05, 4.69) is 27.2 Å². The molecule has 1 aliphatic heterocycles. The first-order valence-electron chi connectivity index (χ1n) is 6.49. The molecule has 1 aromatic carbocycles. The second kappa shape index (κ2) is 4.76. The van der Waals surface area contributed by atoms with Crippen molar-refractivity contribution in [3.05, 3.63) is 54.5 Å². The van der Waals surface area contributed by atoms with Crippen LogP contribution in [0.3, 0.4) is 0 Å². The molecule has 0 spiro atoms. The first kappa shape index (κ1) is 11.7. The fourth-order valence-corrected chi connectivity index (χ4v) is 3.06. The second-order valence-electron chi connectivity index (χ2n) is 4.58. The van der Waals surface area contributed by atoms with Gasteiger partial charge in [-0.25, -0.2) is 9.50 Å². The zero-order valence-corrected chi connectivity index (χ0v) is 11.5. The summed E-state index contributed by atoms with van der Waals surface area (Å²) in [5, 5.41) is 5.61. The summed E-state index contributed by atoms with van der Waals surface area (Å²) in [4.78, 5) is 8.94. The van der Waals surface area contributed by atoms with Crippen LogP contribution in [-0.4, -0.2) is 31.9 Å². The summed E-state index contributed by atoms with van der Waals surface area (Å²) >= 11 is 1.76. The maximum Gasteiger partial charge on any atom is 0.155 e. The molecular weight excluding hydrogens is 268 g/mol. The molecule has 4 rings (SSSR count). The minimum Gasteiger partial charge on any atom is -0.275 e. The molecule has 3 aromatic rings. The van der Waals surface area contributed by atoms with Crippen LogP contribution < -0.4 is 0 Å². The number of nitrogens with zero attached hydrogens (tertiary/aromatic N) is 4. The van der Waals surface area contributed by atoms with Gasteiger partial charge in [0.15, 0.2) is 5.65 Å². The number of thioether (sulfide) groups is 1. The molecule has 0 radical (unpaired) electrons. The van der Waals surface area contributed by atoms with E-state index in [9.17, 15) is 0 Å². The Hall–Kier alpha value is -2.14. The molecule has 1 aliphatic rings. The van der Waals surface area contributed by atoms with Crippen LogP contribution in [0.1, 0.15) is 5.69 Å². The molecule has 2 aromatic heterocycles. The zero-order chi connectivity index (χ0) is 13.4. The van der Waals surface area contributed by atoms with Gasteiger partial charge < -0.3 is 0 Å². The average molecular weight is 280 g/mol. The van der Waals surface area contributed by atoms with E-state index in [1.54, 1.807) is 11.8 Å². The van der Waals surface area contributed by atoms with Crippen LogP contribution >= 0.6 is 11.8 Å². The molecule has 0 atom stereocenters. The van der Waals surface area contributed by atoms with E-state index in [1.807, 2.05) is 41.2 Å². The minimum atomic E-state index is 0.856. The molecule has 0 bridgehead atoms. The van der Waals surface area contributed by atoms with Crippen LogP contribution in [0.5, 0.6) is 0 Å². The first-order chi connectivity index (χ1) is 9.90. The SMILES string of the molecule is c1ccc(-c2cnc3cc(C4=NCCS4)nn3c2)cc1. The summed E-state index contributed by atoms with van der Waals surface area (Å²) in [5.74, 6) is 1.05. The molecule has 0 saturated heterocycles. The number of aromatic nitrogens is 3. The minimum absolute atomic E-state index is 0.856. The van der Waals surface area contributed by atoms with E-state index in [0.29, 0.717) is 0 Å². The van der Waals surface area contributed by atoms with Crippen molar-refractivity contribution >= 4 is 22.5 Å². The number of benzene rings is 1. The van der Waals surface area contributed by atoms with Gasteiger partial charge in [0.1, 0.15) is 10.7 Å². The summed E-state index contributed by atoms with van der Waals surface area (Å²) in [5.41, 5.74) is 3.99. The lowest BCUT2D eigenvalue weighted by molar-refractivity contribution is 0.936. The molecule has 0 N–H and O–H groups in total. The predicted octanol–water partition coefficient (Wildman–Crippen LogP) is 2.89. The predicted molar refractivity (Wildman–Crippen MR) is 82.3 cm³/mol. The molecule has 4 nitrogen and oxygen atoms in total. The zero-order valence-electron chi connectivity index (χ0n) is 10.7. The summed E-state index contributed by atoms with van der Waals surface area (Å²) in [6, 6.07) is 12.2. The van der Waals surface area contributed by atoms with Crippen molar-refractivity contribution in [1.82, 2.24) is 14.6 Å². The normalized spacial score (nSPS) is 14.7. The third kappa shape index (κ3) is 2.00. The van der Waals surface area contributed by atoms with Crippen molar-refractivity contribution < 1.29 is 0 Å². The van der Waals surface area contributed by atoms with Crippen molar-refractivity contribution in [2.45, 2.75) is 0 Å². The fraction of sp³-hybridized carbons (Fsp3) is 0.133. The molecule has 0 fully saturated rings.